The van der Waals surface area contributed by atoms with Gasteiger partial charge in [0, 0.05) is 50.0 Å². The Morgan fingerprint density at radius 3 is 2.37 bits per heavy atom. The summed E-state index contributed by atoms with van der Waals surface area (Å²) in [5.74, 6) is -0.347. The van der Waals surface area contributed by atoms with E-state index in [0.29, 0.717) is 12.0 Å². The number of aryl methyl sites for hydroxylation is 1. The molecule has 2 fully saturated rings. The lowest BCUT2D eigenvalue weighted by atomic mass is 10.1. The van der Waals surface area contributed by atoms with Gasteiger partial charge in [-0.1, -0.05) is 18.2 Å². The van der Waals surface area contributed by atoms with Gasteiger partial charge in [0.15, 0.2) is 0 Å². The Hall–Kier alpha value is -2.40. The molecule has 0 unspecified atom stereocenters. The highest BCUT2D eigenvalue weighted by Gasteiger charge is 2.31. The van der Waals surface area contributed by atoms with Crippen LogP contribution in [0.3, 0.4) is 0 Å². The van der Waals surface area contributed by atoms with Crippen LogP contribution in [0.25, 0.3) is 0 Å². The number of halogens is 1. The number of piperazine rings is 1. The summed E-state index contributed by atoms with van der Waals surface area (Å²) in [5.41, 5.74) is 2.57. The SMILES string of the molecule is O=C(CCc1ccccc1F)Nc1ccc(N2CCN(C3CC3)CC2)cc1. The van der Waals surface area contributed by atoms with E-state index in [1.807, 2.05) is 12.1 Å². The predicted molar refractivity (Wildman–Crippen MR) is 107 cm³/mol. The number of hydrogen-bond donors (Lipinski definition) is 1. The Kier molecular flexibility index (Phi) is 5.39. The van der Waals surface area contributed by atoms with Gasteiger partial charge in [-0.25, -0.2) is 4.39 Å². The summed E-state index contributed by atoms with van der Waals surface area (Å²) < 4.78 is 13.6. The van der Waals surface area contributed by atoms with Crippen LogP contribution in [-0.2, 0) is 11.2 Å². The average Bonchev–Trinajstić information content (AvgIpc) is 3.54. The van der Waals surface area contributed by atoms with E-state index < -0.39 is 0 Å². The molecule has 27 heavy (non-hydrogen) atoms. The van der Waals surface area contributed by atoms with Crippen LogP contribution in [0.1, 0.15) is 24.8 Å². The van der Waals surface area contributed by atoms with Crippen molar-refractivity contribution in [3.05, 3.63) is 59.9 Å². The number of carbonyl (C=O) groups is 1. The first-order valence-electron chi connectivity index (χ1n) is 9.81. The molecule has 1 aliphatic carbocycles. The summed E-state index contributed by atoms with van der Waals surface area (Å²) in [6.45, 7) is 4.40. The number of anilines is 2. The van der Waals surface area contributed by atoms with Gasteiger partial charge in [0.05, 0.1) is 0 Å². The second-order valence-corrected chi connectivity index (χ2v) is 7.44. The molecule has 1 saturated carbocycles. The number of nitrogens with one attached hydrogen (secondary N) is 1. The summed E-state index contributed by atoms with van der Waals surface area (Å²) in [5, 5.41) is 2.90. The lowest BCUT2D eigenvalue weighted by molar-refractivity contribution is -0.116. The van der Waals surface area contributed by atoms with Gasteiger partial charge in [-0.3, -0.25) is 9.69 Å². The molecule has 2 aliphatic rings. The third kappa shape index (κ3) is 4.66. The molecule has 2 aromatic rings. The van der Waals surface area contributed by atoms with Gasteiger partial charge in [-0.05, 0) is 55.2 Å². The van der Waals surface area contributed by atoms with Crippen LogP contribution in [-0.4, -0.2) is 43.0 Å². The molecule has 4 nitrogen and oxygen atoms in total. The van der Waals surface area contributed by atoms with Gasteiger partial charge < -0.3 is 10.2 Å². The van der Waals surface area contributed by atoms with Crippen molar-refractivity contribution in [2.75, 3.05) is 36.4 Å². The number of carbonyl (C=O) groups excluding carboxylic acids is 1. The molecule has 0 atom stereocenters. The third-order valence-corrected chi connectivity index (χ3v) is 5.47. The van der Waals surface area contributed by atoms with E-state index in [0.717, 1.165) is 37.9 Å². The zero-order valence-electron chi connectivity index (χ0n) is 15.5. The summed E-state index contributed by atoms with van der Waals surface area (Å²) >= 11 is 0. The molecule has 1 heterocycles. The van der Waals surface area contributed by atoms with Crippen LogP contribution < -0.4 is 10.2 Å². The maximum atomic E-state index is 13.6. The maximum Gasteiger partial charge on any atom is 0.224 e. The molecule has 2 aromatic carbocycles. The van der Waals surface area contributed by atoms with Crippen molar-refractivity contribution in [2.45, 2.75) is 31.7 Å². The second-order valence-electron chi connectivity index (χ2n) is 7.44. The summed E-state index contributed by atoms with van der Waals surface area (Å²) in [6, 6.07) is 15.5. The van der Waals surface area contributed by atoms with Gasteiger partial charge >= 0.3 is 0 Å². The molecule has 0 radical (unpaired) electrons. The van der Waals surface area contributed by atoms with Crippen molar-refractivity contribution >= 4 is 17.3 Å². The highest BCUT2D eigenvalue weighted by molar-refractivity contribution is 5.91. The van der Waals surface area contributed by atoms with Crippen LogP contribution in [0.4, 0.5) is 15.8 Å². The van der Waals surface area contributed by atoms with E-state index in [9.17, 15) is 9.18 Å². The molecule has 142 valence electrons. The van der Waals surface area contributed by atoms with Crippen molar-refractivity contribution in [3.8, 4) is 0 Å². The molecule has 1 amide bonds. The topological polar surface area (TPSA) is 35.6 Å². The molecule has 0 aromatic heterocycles. The number of nitrogens with zero attached hydrogens (tertiary/aromatic N) is 2. The predicted octanol–water partition coefficient (Wildman–Crippen LogP) is 3.68. The van der Waals surface area contributed by atoms with Crippen molar-refractivity contribution < 1.29 is 9.18 Å². The smallest absolute Gasteiger partial charge is 0.224 e. The normalized spacial score (nSPS) is 17.7. The van der Waals surface area contributed by atoms with E-state index in [1.165, 1.54) is 24.6 Å². The summed E-state index contributed by atoms with van der Waals surface area (Å²) in [4.78, 5) is 17.1. The Morgan fingerprint density at radius 2 is 1.70 bits per heavy atom. The molecular formula is C22H26FN3O. The quantitative estimate of drug-likeness (QED) is 0.846. The molecule has 1 saturated heterocycles. The van der Waals surface area contributed by atoms with Gasteiger partial charge in [0.1, 0.15) is 5.82 Å². The fraction of sp³-hybridized carbons (Fsp3) is 0.409. The first-order valence-corrected chi connectivity index (χ1v) is 9.81. The van der Waals surface area contributed by atoms with Crippen LogP contribution >= 0.6 is 0 Å². The van der Waals surface area contributed by atoms with Gasteiger partial charge in [0.25, 0.3) is 0 Å². The zero-order chi connectivity index (χ0) is 18.6. The molecular weight excluding hydrogens is 341 g/mol. The highest BCUT2D eigenvalue weighted by Crippen LogP contribution is 2.28. The Bertz CT molecular complexity index is 780. The van der Waals surface area contributed by atoms with E-state index >= 15 is 0 Å². The van der Waals surface area contributed by atoms with E-state index in [1.54, 1.807) is 18.2 Å². The van der Waals surface area contributed by atoms with Crippen LogP contribution in [0.15, 0.2) is 48.5 Å². The number of benzene rings is 2. The van der Waals surface area contributed by atoms with Crippen LogP contribution in [0.2, 0.25) is 0 Å². The largest absolute Gasteiger partial charge is 0.369 e. The minimum Gasteiger partial charge on any atom is -0.369 e. The van der Waals surface area contributed by atoms with Crippen molar-refractivity contribution in [3.63, 3.8) is 0 Å². The van der Waals surface area contributed by atoms with Gasteiger partial charge in [-0.15, -0.1) is 0 Å². The van der Waals surface area contributed by atoms with E-state index in [2.05, 4.69) is 27.2 Å². The molecule has 1 aliphatic heterocycles. The number of rotatable bonds is 6. The lowest BCUT2D eigenvalue weighted by Gasteiger charge is -2.36. The van der Waals surface area contributed by atoms with Crippen molar-refractivity contribution in [1.29, 1.82) is 0 Å². The van der Waals surface area contributed by atoms with Gasteiger partial charge in [-0.2, -0.15) is 0 Å². The maximum absolute atomic E-state index is 13.6. The fourth-order valence-electron chi connectivity index (χ4n) is 3.71. The van der Waals surface area contributed by atoms with E-state index in [-0.39, 0.29) is 18.1 Å². The standard InChI is InChI=1S/C22H26FN3O/c23-21-4-2-1-3-17(21)5-12-22(27)24-18-6-8-19(9-7-18)25-13-15-26(16-14-25)20-10-11-20/h1-4,6-9,20H,5,10-16H2,(H,24,27). The summed E-state index contributed by atoms with van der Waals surface area (Å²) in [6.07, 6.45) is 3.41. The lowest BCUT2D eigenvalue weighted by Crippen LogP contribution is -2.47. The third-order valence-electron chi connectivity index (χ3n) is 5.47. The monoisotopic (exact) mass is 367 g/mol. The molecule has 5 heteroatoms. The Labute approximate surface area is 160 Å². The fourth-order valence-corrected chi connectivity index (χ4v) is 3.71. The molecule has 4 rings (SSSR count). The minimum absolute atomic E-state index is 0.0935. The first kappa shape index (κ1) is 18.0. The van der Waals surface area contributed by atoms with Crippen molar-refractivity contribution in [2.24, 2.45) is 0 Å². The Balaban J connectivity index is 1.26. The zero-order valence-corrected chi connectivity index (χ0v) is 15.5. The second kappa shape index (κ2) is 8.09. The minimum atomic E-state index is -0.253. The van der Waals surface area contributed by atoms with Crippen LogP contribution in [0, 0.1) is 5.82 Å². The summed E-state index contributed by atoms with van der Waals surface area (Å²) in [7, 11) is 0. The average molecular weight is 367 g/mol. The first-order chi connectivity index (χ1) is 13.2. The Morgan fingerprint density at radius 1 is 1.00 bits per heavy atom. The van der Waals surface area contributed by atoms with Gasteiger partial charge in [0.2, 0.25) is 5.91 Å². The highest BCUT2D eigenvalue weighted by atomic mass is 19.1. The van der Waals surface area contributed by atoms with Crippen LogP contribution in [0.5, 0.6) is 0 Å². The van der Waals surface area contributed by atoms with E-state index in [4.69, 9.17) is 0 Å². The van der Waals surface area contributed by atoms with Crippen molar-refractivity contribution in [1.82, 2.24) is 4.90 Å². The molecule has 0 spiro atoms. The molecule has 1 N–H and O–H groups in total. The number of hydrogen-bond acceptors (Lipinski definition) is 3. The molecule has 0 bridgehead atoms. The number of amides is 1.